The first kappa shape index (κ1) is 33.9. The highest BCUT2D eigenvalue weighted by Crippen LogP contribution is 2.32. The fourth-order valence-electron chi connectivity index (χ4n) is 5.41. The van der Waals surface area contributed by atoms with Crippen molar-refractivity contribution in [1.82, 2.24) is 36.1 Å². The molecule has 5 amide bonds. The van der Waals surface area contributed by atoms with Gasteiger partial charge in [-0.3, -0.25) is 29.0 Å². The number of aliphatic hydroxyl groups is 1. The van der Waals surface area contributed by atoms with E-state index in [0.717, 1.165) is 19.3 Å². The van der Waals surface area contributed by atoms with Crippen LogP contribution in [0.15, 0.2) is 18.6 Å². The zero-order valence-corrected chi connectivity index (χ0v) is 25.9. The molecule has 13 heteroatoms. The molecule has 0 radical (unpaired) electrons. The minimum atomic E-state index is -1.40. The zero-order valence-electron chi connectivity index (χ0n) is 25.9. The van der Waals surface area contributed by atoms with Gasteiger partial charge in [-0.1, -0.05) is 47.5 Å². The highest BCUT2D eigenvalue weighted by atomic mass is 16.3. The van der Waals surface area contributed by atoms with Crippen molar-refractivity contribution in [2.75, 3.05) is 13.1 Å². The standard InChI is InChI=1S/C30H47N7O6/c1-6-8-18-12-15-37(23(18)27(41)35-20(9-7-2)24(39)28(42)34-19-10-11-19)29(43)25(30(3,4)5)36-22(38)17-33-26(40)21-16-31-13-14-32-21/h13-14,16,18-20,23-25,39H,6-12,15,17H2,1-5H3,(H,33,40)(H,34,42)(H,35,41)(H,36,38)/t18-,20?,23-,24?,25?/m0/s1. The van der Waals surface area contributed by atoms with Gasteiger partial charge in [0.2, 0.25) is 17.7 Å². The Morgan fingerprint density at radius 2 is 1.77 bits per heavy atom. The molecule has 1 aromatic heterocycles. The van der Waals surface area contributed by atoms with Crippen LogP contribution in [0.1, 0.15) is 90.1 Å². The van der Waals surface area contributed by atoms with Crippen molar-refractivity contribution >= 4 is 29.5 Å². The Morgan fingerprint density at radius 1 is 1.05 bits per heavy atom. The first-order valence-corrected chi connectivity index (χ1v) is 15.3. The molecule has 5 N–H and O–H groups in total. The zero-order chi connectivity index (χ0) is 31.7. The van der Waals surface area contributed by atoms with Gasteiger partial charge < -0.3 is 31.3 Å². The van der Waals surface area contributed by atoms with Gasteiger partial charge in [0.15, 0.2) is 6.10 Å². The highest BCUT2D eigenvalue weighted by molar-refractivity contribution is 5.96. The summed E-state index contributed by atoms with van der Waals surface area (Å²) in [5, 5.41) is 21.7. The van der Waals surface area contributed by atoms with Crippen molar-refractivity contribution in [1.29, 1.82) is 0 Å². The second-order valence-electron chi connectivity index (χ2n) is 12.6. The SMILES string of the molecule is CCCC(NC(=O)[C@@H]1[C@@H](CCC)CCN1C(=O)C(NC(=O)CNC(=O)c1cnccn1)C(C)(C)C)C(O)C(=O)NC1CC1. The van der Waals surface area contributed by atoms with E-state index < -0.39 is 59.2 Å². The summed E-state index contributed by atoms with van der Waals surface area (Å²) >= 11 is 0. The summed E-state index contributed by atoms with van der Waals surface area (Å²) in [4.78, 5) is 74.9. The van der Waals surface area contributed by atoms with E-state index in [2.05, 4.69) is 31.2 Å². The van der Waals surface area contributed by atoms with Crippen LogP contribution in [0.5, 0.6) is 0 Å². The molecule has 13 nitrogen and oxygen atoms in total. The molecule has 0 spiro atoms. The second kappa shape index (κ2) is 15.2. The van der Waals surface area contributed by atoms with Gasteiger partial charge >= 0.3 is 0 Å². The van der Waals surface area contributed by atoms with Crippen LogP contribution < -0.4 is 21.3 Å². The van der Waals surface area contributed by atoms with Gasteiger partial charge in [0.1, 0.15) is 17.8 Å². The van der Waals surface area contributed by atoms with E-state index in [9.17, 15) is 29.1 Å². The van der Waals surface area contributed by atoms with Crippen LogP contribution in [-0.4, -0.2) is 92.9 Å². The summed E-state index contributed by atoms with van der Waals surface area (Å²) in [5.74, 6) is -2.59. The molecule has 1 aromatic rings. The number of hydrogen-bond acceptors (Lipinski definition) is 8. The lowest BCUT2D eigenvalue weighted by Gasteiger charge is -2.37. The molecule has 0 bridgehead atoms. The molecule has 1 aliphatic heterocycles. The Morgan fingerprint density at radius 3 is 2.35 bits per heavy atom. The van der Waals surface area contributed by atoms with Crippen LogP contribution in [0.4, 0.5) is 0 Å². The van der Waals surface area contributed by atoms with E-state index in [1.165, 1.54) is 23.5 Å². The molecule has 3 unspecified atom stereocenters. The maximum absolute atomic E-state index is 14.0. The lowest BCUT2D eigenvalue weighted by Crippen LogP contribution is -2.61. The highest BCUT2D eigenvalue weighted by Gasteiger charge is 2.46. The molecule has 1 saturated heterocycles. The number of carbonyl (C=O) groups is 5. The third-order valence-corrected chi connectivity index (χ3v) is 7.86. The van der Waals surface area contributed by atoms with Gasteiger partial charge in [-0.15, -0.1) is 0 Å². The Bertz CT molecular complexity index is 1140. The largest absolute Gasteiger partial charge is 0.381 e. The van der Waals surface area contributed by atoms with Gasteiger partial charge in [-0.25, -0.2) is 4.98 Å². The molecule has 43 heavy (non-hydrogen) atoms. The van der Waals surface area contributed by atoms with Crippen molar-refractivity contribution in [3.8, 4) is 0 Å². The third kappa shape index (κ3) is 9.44. The molecular weight excluding hydrogens is 554 g/mol. The van der Waals surface area contributed by atoms with Gasteiger partial charge in [-0.2, -0.15) is 0 Å². The van der Waals surface area contributed by atoms with Crippen molar-refractivity contribution in [2.24, 2.45) is 11.3 Å². The molecule has 5 atom stereocenters. The molecule has 2 heterocycles. The van der Waals surface area contributed by atoms with Crippen molar-refractivity contribution in [3.05, 3.63) is 24.3 Å². The number of rotatable bonds is 14. The van der Waals surface area contributed by atoms with E-state index in [1.54, 1.807) is 0 Å². The average Bonchev–Trinajstić information content (AvgIpc) is 3.69. The summed E-state index contributed by atoms with van der Waals surface area (Å²) in [5.41, 5.74) is -0.656. The van der Waals surface area contributed by atoms with Gasteiger partial charge in [0.25, 0.3) is 11.8 Å². The van der Waals surface area contributed by atoms with Crippen molar-refractivity contribution < 1.29 is 29.1 Å². The molecule has 3 rings (SSSR count). The molecule has 1 saturated carbocycles. The van der Waals surface area contributed by atoms with Crippen LogP contribution >= 0.6 is 0 Å². The quantitative estimate of drug-likeness (QED) is 0.206. The predicted molar refractivity (Wildman–Crippen MR) is 158 cm³/mol. The number of nitrogens with one attached hydrogen (secondary N) is 4. The third-order valence-electron chi connectivity index (χ3n) is 7.86. The van der Waals surface area contributed by atoms with E-state index in [0.29, 0.717) is 32.2 Å². The van der Waals surface area contributed by atoms with Crippen molar-refractivity contribution in [3.63, 3.8) is 0 Å². The minimum Gasteiger partial charge on any atom is -0.381 e. The minimum absolute atomic E-state index is 0.0585. The number of hydrogen-bond donors (Lipinski definition) is 5. The molecule has 0 aromatic carbocycles. The predicted octanol–water partition coefficient (Wildman–Crippen LogP) is 0.679. The van der Waals surface area contributed by atoms with E-state index in [-0.39, 0.29) is 24.2 Å². The Labute approximate surface area is 253 Å². The number of nitrogens with zero attached hydrogens (tertiary/aromatic N) is 3. The van der Waals surface area contributed by atoms with E-state index >= 15 is 0 Å². The average molecular weight is 602 g/mol. The topological polar surface area (TPSA) is 183 Å². The summed E-state index contributed by atoms with van der Waals surface area (Å²) < 4.78 is 0. The normalized spacial score (nSPS) is 20.5. The van der Waals surface area contributed by atoms with Crippen LogP contribution in [-0.2, 0) is 19.2 Å². The molecular formula is C30H47N7O6. The van der Waals surface area contributed by atoms with Crippen LogP contribution in [0, 0.1) is 11.3 Å². The van der Waals surface area contributed by atoms with Gasteiger partial charge in [0, 0.05) is 25.0 Å². The summed E-state index contributed by atoms with van der Waals surface area (Å²) in [6, 6.07) is -2.52. The summed E-state index contributed by atoms with van der Waals surface area (Å²) in [6.45, 7) is 9.31. The number of carbonyl (C=O) groups excluding carboxylic acids is 5. The fourth-order valence-corrected chi connectivity index (χ4v) is 5.41. The molecule has 1 aliphatic carbocycles. The Kier molecular flexibility index (Phi) is 12.0. The van der Waals surface area contributed by atoms with Crippen LogP contribution in [0.3, 0.4) is 0 Å². The molecule has 2 aliphatic rings. The smallest absolute Gasteiger partial charge is 0.271 e. The lowest BCUT2D eigenvalue weighted by molar-refractivity contribution is -0.145. The van der Waals surface area contributed by atoms with Crippen LogP contribution in [0.25, 0.3) is 0 Å². The maximum Gasteiger partial charge on any atom is 0.271 e. The van der Waals surface area contributed by atoms with E-state index in [4.69, 9.17) is 0 Å². The maximum atomic E-state index is 14.0. The lowest BCUT2D eigenvalue weighted by atomic mass is 9.85. The first-order valence-electron chi connectivity index (χ1n) is 15.3. The fraction of sp³-hybridized carbons (Fsp3) is 0.700. The monoisotopic (exact) mass is 601 g/mol. The number of aromatic nitrogens is 2. The van der Waals surface area contributed by atoms with Gasteiger partial charge in [0.05, 0.1) is 18.8 Å². The van der Waals surface area contributed by atoms with Crippen molar-refractivity contribution in [2.45, 2.75) is 110 Å². The van der Waals surface area contributed by atoms with E-state index in [1.807, 2.05) is 34.6 Å². The second-order valence-corrected chi connectivity index (χ2v) is 12.6. The summed E-state index contributed by atoms with van der Waals surface area (Å²) in [7, 11) is 0. The Balaban J connectivity index is 1.73. The van der Waals surface area contributed by atoms with Crippen LogP contribution in [0.2, 0.25) is 0 Å². The number of likely N-dealkylation sites (tertiary alicyclic amines) is 1. The summed E-state index contributed by atoms with van der Waals surface area (Å²) in [6.07, 6.45) is 7.59. The molecule has 2 fully saturated rings. The number of amides is 5. The van der Waals surface area contributed by atoms with Gasteiger partial charge in [-0.05, 0) is 43.4 Å². The molecule has 238 valence electrons. The number of aliphatic hydroxyl groups excluding tert-OH is 1. The first-order chi connectivity index (χ1) is 20.4. The Hall–Kier alpha value is -3.61.